The molecule has 3 aromatic rings. The second-order valence-corrected chi connectivity index (χ2v) is 4.40. The van der Waals surface area contributed by atoms with Gasteiger partial charge in [0.15, 0.2) is 0 Å². The highest BCUT2D eigenvalue weighted by molar-refractivity contribution is 5.51. The van der Waals surface area contributed by atoms with Gasteiger partial charge in [0.25, 0.3) is 11.9 Å². The molecule has 5 heteroatoms. The fraction of sp³-hybridized carbons (Fsp3) is 0. The predicted molar refractivity (Wildman–Crippen MR) is 77.7 cm³/mol. The highest BCUT2D eigenvalue weighted by Gasteiger charge is 2.14. The van der Waals surface area contributed by atoms with Crippen LogP contribution in [0, 0.1) is 11.8 Å². The van der Waals surface area contributed by atoms with Gasteiger partial charge < -0.3 is 5.73 Å². The molecule has 21 heavy (non-hydrogen) atoms. The van der Waals surface area contributed by atoms with Gasteiger partial charge in [-0.3, -0.25) is 4.52 Å². The lowest BCUT2D eigenvalue weighted by atomic mass is 10.1. The second kappa shape index (κ2) is 5.39. The van der Waals surface area contributed by atoms with Crippen LogP contribution in [-0.2, 0) is 0 Å². The summed E-state index contributed by atoms with van der Waals surface area (Å²) in [6.07, 6.45) is 1.32. The summed E-state index contributed by atoms with van der Waals surface area (Å²) in [5, 5.41) is 2.51. The molecule has 0 fully saturated rings. The van der Waals surface area contributed by atoms with Crippen LogP contribution in [0.2, 0.25) is 0 Å². The van der Waals surface area contributed by atoms with Crippen molar-refractivity contribution in [2.45, 2.75) is 0 Å². The molecular weight excluding hydrogens is 266 g/mol. The number of para-hydroxylation sites is 1. The Bertz CT molecular complexity index is 880. The predicted octanol–water partition coefficient (Wildman–Crippen LogP) is 1.23. The first kappa shape index (κ1) is 12.8. The summed E-state index contributed by atoms with van der Waals surface area (Å²) >= 11 is 0. The minimum absolute atomic E-state index is 0.448. The number of rotatable bonds is 1. The summed E-state index contributed by atoms with van der Waals surface area (Å²) < 4.78 is 6.17. The first-order chi connectivity index (χ1) is 10.2. The standard InChI is InChI=1S/C16H11N3O2/c17-14-9-6-12(7-10-14)5-8-13-3-1-2-4-15(13)19-11-16(20)21-18-19/h1-4,6-7,9-11H,(H2-,17,18,20)/p+1. The fourth-order valence-corrected chi connectivity index (χ4v) is 1.87. The van der Waals surface area contributed by atoms with Crippen molar-refractivity contribution >= 4 is 5.69 Å². The third-order valence-electron chi connectivity index (χ3n) is 2.89. The van der Waals surface area contributed by atoms with Gasteiger partial charge in [0.05, 0.1) is 5.56 Å². The van der Waals surface area contributed by atoms with Crippen molar-refractivity contribution in [1.82, 2.24) is 5.27 Å². The van der Waals surface area contributed by atoms with Gasteiger partial charge in [0.2, 0.25) is 0 Å². The number of benzene rings is 2. The Hall–Kier alpha value is -3.26. The van der Waals surface area contributed by atoms with Crippen LogP contribution in [0.3, 0.4) is 0 Å². The summed E-state index contributed by atoms with van der Waals surface area (Å²) in [6, 6.07) is 14.8. The molecule has 5 nitrogen and oxygen atoms in total. The molecule has 0 unspecified atom stereocenters. The molecular formula is C16H12N3O2+. The van der Waals surface area contributed by atoms with E-state index in [-0.39, 0.29) is 0 Å². The van der Waals surface area contributed by atoms with Crippen LogP contribution < -0.4 is 16.0 Å². The molecule has 0 radical (unpaired) electrons. The summed E-state index contributed by atoms with van der Waals surface area (Å²) in [4.78, 5) is 11.1. The van der Waals surface area contributed by atoms with E-state index in [1.807, 2.05) is 36.4 Å². The Morgan fingerprint density at radius 3 is 2.52 bits per heavy atom. The molecule has 0 aliphatic heterocycles. The monoisotopic (exact) mass is 278 g/mol. The van der Waals surface area contributed by atoms with Gasteiger partial charge in [-0.15, -0.1) is 0 Å². The molecule has 0 amide bonds. The van der Waals surface area contributed by atoms with E-state index >= 15 is 0 Å². The summed E-state index contributed by atoms with van der Waals surface area (Å²) in [6.45, 7) is 0. The lowest BCUT2D eigenvalue weighted by Gasteiger charge is -1.94. The average molecular weight is 278 g/mol. The third kappa shape index (κ3) is 2.85. The minimum atomic E-state index is -0.448. The maximum atomic E-state index is 11.1. The number of aromatic nitrogens is 2. The fourth-order valence-electron chi connectivity index (χ4n) is 1.87. The minimum Gasteiger partial charge on any atom is -0.399 e. The van der Waals surface area contributed by atoms with E-state index < -0.39 is 5.63 Å². The Morgan fingerprint density at radius 2 is 1.81 bits per heavy atom. The van der Waals surface area contributed by atoms with Gasteiger partial charge in [-0.1, -0.05) is 24.0 Å². The molecule has 0 spiro atoms. The van der Waals surface area contributed by atoms with E-state index in [2.05, 4.69) is 21.6 Å². The Labute approximate surface area is 120 Å². The highest BCUT2D eigenvalue weighted by Crippen LogP contribution is 2.07. The molecule has 0 aliphatic rings. The van der Waals surface area contributed by atoms with Crippen LogP contribution in [0.5, 0.6) is 0 Å². The van der Waals surface area contributed by atoms with Crippen molar-refractivity contribution in [1.29, 1.82) is 0 Å². The molecule has 102 valence electrons. The SMILES string of the molecule is Nc1ccc(C#Cc2ccccc2-[n+]2cc(=O)o[nH]2)cc1. The lowest BCUT2D eigenvalue weighted by Crippen LogP contribution is -2.33. The first-order valence-corrected chi connectivity index (χ1v) is 6.29. The summed E-state index contributed by atoms with van der Waals surface area (Å²) in [5.41, 5.74) is 8.28. The quantitative estimate of drug-likeness (QED) is 0.399. The molecule has 2 aromatic carbocycles. The Kier molecular flexibility index (Phi) is 3.27. The first-order valence-electron chi connectivity index (χ1n) is 6.29. The zero-order valence-electron chi connectivity index (χ0n) is 11.0. The zero-order valence-corrected chi connectivity index (χ0v) is 11.0. The number of hydrogen-bond acceptors (Lipinski definition) is 3. The van der Waals surface area contributed by atoms with Crippen LogP contribution in [0.4, 0.5) is 5.69 Å². The molecule has 3 N–H and O–H groups in total. The smallest absolute Gasteiger partial charge is 0.399 e. The van der Waals surface area contributed by atoms with Crippen molar-refractivity contribution in [3.63, 3.8) is 0 Å². The van der Waals surface area contributed by atoms with Gasteiger partial charge in [0, 0.05) is 17.3 Å². The van der Waals surface area contributed by atoms with Crippen molar-refractivity contribution in [3.05, 3.63) is 76.3 Å². The number of nitrogens with one attached hydrogen (secondary N) is 1. The zero-order chi connectivity index (χ0) is 14.7. The maximum Gasteiger partial charge on any atom is 0.427 e. The number of nitrogens with two attached hydrogens (primary N) is 1. The van der Waals surface area contributed by atoms with Gasteiger partial charge in [-0.05, 0) is 40.3 Å². The van der Waals surface area contributed by atoms with E-state index in [1.165, 1.54) is 10.9 Å². The third-order valence-corrected chi connectivity index (χ3v) is 2.89. The highest BCUT2D eigenvalue weighted by atomic mass is 16.5. The molecule has 0 saturated heterocycles. The number of hydrogen-bond donors (Lipinski definition) is 2. The van der Waals surface area contributed by atoms with Crippen molar-refractivity contribution in [2.75, 3.05) is 5.73 Å². The molecule has 0 atom stereocenters. The van der Waals surface area contributed by atoms with E-state index in [0.717, 1.165) is 16.8 Å². The van der Waals surface area contributed by atoms with Crippen molar-refractivity contribution in [3.8, 4) is 17.5 Å². The van der Waals surface area contributed by atoms with Crippen LogP contribution in [0.15, 0.2) is 64.0 Å². The van der Waals surface area contributed by atoms with E-state index in [9.17, 15) is 4.79 Å². The second-order valence-electron chi connectivity index (χ2n) is 4.40. The number of aromatic amines is 1. The van der Waals surface area contributed by atoms with Crippen LogP contribution >= 0.6 is 0 Å². The van der Waals surface area contributed by atoms with Crippen LogP contribution in [0.1, 0.15) is 11.1 Å². The van der Waals surface area contributed by atoms with Gasteiger partial charge in [-0.2, -0.15) is 0 Å². The van der Waals surface area contributed by atoms with Crippen molar-refractivity contribution < 1.29 is 9.20 Å². The summed E-state index contributed by atoms with van der Waals surface area (Å²) in [5.74, 6) is 6.14. The van der Waals surface area contributed by atoms with Gasteiger partial charge in [-0.25, -0.2) is 4.79 Å². The Morgan fingerprint density at radius 1 is 1.05 bits per heavy atom. The molecule has 1 aromatic heterocycles. The average Bonchev–Trinajstić information content (AvgIpc) is 2.93. The lowest BCUT2D eigenvalue weighted by molar-refractivity contribution is -0.670. The molecule has 0 aliphatic carbocycles. The number of nitrogen functional groups attached to an aromatic ring is 1. The largest absolute Gasteiger partial charge is 0.427 e. The Balaban J connectivity index is 2.00. The van der Waals surface area contributed by atoms with E-state index in [0.29, 0.717) is 5.69 Å². The number of nitrogens with zero attached hydrogens (tertiary/aromatic N) is 1. The molecule has 3 rings (SSSR count). The van der Waals surface area contributed by atoms with Crippen LogP contribution in [-0.4, -0.2) is 5.27 Å². The normalized spacial score (nSPS) is 9.90. The van der Waals surface area contributed by atoms with E-state index in [1.54, 1.807) is 12.1 Å². The van der Waals surface area contributed by atoms with Gasteiger partial charge >= 0.3 is 5.63 Å². The number of H-pyrrole nitrogens is 1. The van der Waals surface area contributed by atoms with E-state index in [4.69, 9.17) is 5.73 Å². The molecule has 0 saturated carbocycles. The van der Waals surface area contributed by atoms with Crippen LogP contribution in [0.25, 0.3) is 5.69 Å². The topological polar surface area (TPSA) is 75.9 Å². The number of anilines is 1. The van der Waals surface area contributed by atoms with Crippen molar-refractivity contribution in [2.24, 2.45) is 0 Å². The molecule has 1 heterocycles. The van der Waals surface area contributed by atoms with Gasteiger partial charge in [0.1, 0.15) is 0 Å². The maximum absolute atomic E-state index is 11.1. The summed E-state index contributed by atoms with van der Waals surface area (Å²) in [7, 11) is 0. The molecule has 0 bridgehead atoms.